The Bertz CT molecular complexity index is 595. The Balaban J connectivity index is 2.17. The van der Waals surface area contributed by atoms with Crippen LogP contribution in [-0.2, 0) is 10.2 Å². The largest absolute Gasteiger partial charge is 0.381 e. The van der Waals surface area contributed by atoms with E-state index >= 15 is 0 Å². The number of ether oxygens (including phenoxy) is 1. The molecule has 0 saturated carbocycles. The highest BCUT2D eigenvalue weighted by Gasteiger charge is 2.35. The van der Waals surface area contributed by atoms with Gasteiger partial charge >= 0.3 is 0 Å². The highest BCUT2D eigenvalue weighted by molar-refractivity contribution is 7.99. The van der Waals surface area contributed by atoms with E-state index in [4.69, 9.17) is 9.73 Å². The van der Waals surface area contributed by atoms with E-state index in [1.807, 2.05) is 11.8 Å². The van der Waals surface area contributed by atoms with Crippen LogP contribution in [0.1, 0.15) is 44.7 Å². The van der Waals surface area contributed by atoms with Crippen LogP contribution in [0, 0.1) is 6.92 Å². The number of rotatable bonds is 7. The predicted molar refractivity (Wildman–Crippen MR) is 114 cm³/mol. The highest BCUT2D eigenvalue weighted by Crippen LogP contribution is 2.36. The molecule has 4 nitrogen and oxygen atoms in total. The van der Waals surface area contributed by atoms with Crippen LogP contribution in [0.2, 0.25) is 0 Å². The molecule has 1 aliphatic rings. The third kappa shape index (κ3) is 5.65. The van der Waals surface area contributed by atoms with Crippen molar-refractivity contribution < 1.29 is 4.74 Å². The molecule has 1 aliphatic heterocycles. The average molecular weight is 378 g/mol. The summed E-state index contributed by atoms with van der Waals surface area (Å²) in [6.07, 6.45) is 4.23. The molecule has 0 aliphatic carbocycles. The topological polar surface area (TPSA) is 45.7 Å². The molecule has 1 fully saturated rings. The number of benzene rings is 1. The number of nitrogens with zero attached hydrogens (tertiary/aromatic N) is 1. The zero-order valence-electron chi connectivity index (χ0n) is 17.0. The Hall–Kier alpha value is -1.20. The number of aryl methyl sites for hydroxylation is 1. The van der Waals surface area contributed by atoms with Crippen LogP contribution >= 0.6 is 11.8 Å². The van der Waals surface area contributed by atoms with Crippen molar-refractivity contribution in [2.45, 2.75) is 50.7 Å². The maximum Gasteiger partial charge on any atom is 0.191 e. The lowest BCUT2D eigenvalue weighted by Gasteiger charge is -2.39. The van der Waals surface area contributed by atoms with Crippen molar-refractivity contribution >= 4 is 17.7 Å². The first-order valence-electron chi connectivity index (χ1n) is 9.64. The monoisotopic (exact) mass is 377 g/mol. The number of guanidine groups is 1. The zero-order valence-corrected chi connectivity index (χ0v) is 17.8. The second-order valence-electron chi connectivity index (χ2n) is 7.72. The summed E-state index contributed by atoms with van der Waals surface area (Å²) in [6.45, 7) is 13.0. The van der Waals surface area contributed by atoms with Crippen LogP contribution in [0.15, 0.2) is 29.3 Å². The van der Waals surface area contributed by atoms with Gasteiger partial charge in [-0.25, -0.2) is 0 Å². The lowest BCUT2D eigenvalue weighted by Crippen LogP contribution is -2.48. The van der Waals surface area contributed by atoms with Crippen molar-refractivity contribution in [1.82, 2.24) is 10.6 Å². The molecular formula is C21H35N3OS. The lowest BCUT2D eigenvalue weighted by molar-refractivity contribution is 0.0512. The van der Waals surface area contributed by atoms with Crippen molar-refractivity contribution in [3.8, 4) is 0 Å². The van der Waals surface area contributed by atoms with Crippen molar-refractivity contribution in [1.29, 1.82) is 0 Å². The zero-order chi connectivity index (χ0) is 19.0. The Labute approximate surface area is 163 Å². The third-order valence-corrected chi connectivity index (χ3v) is 6.51. The quantitative estimate of drug-likeness (QED) is 0.561. The molecule has 146 valence electrons. The number of thioether (sulfide) groups is 1. The summed E-state index contributed by atoms with van der Waals surface area (Å²) in [5.74, 6) is 0.911. The van der Waals surface area contributed by atoms with E-state index in [1.54, 1.807) is 0 Å². The van der Waals surface area contributed by atoms with Crippen LogP contribution in [0.3, 0.4) is 0 Å². The summed E-state index contributed by atoms with van der Waals surface area (Å²) in [7, 11) is 0. The van der Waals surface area contributed by atoms with Gasteiger partial charge in [-0.1, -0.05) is 24.3 Å². The van der Waals surface area contributed by atoms with E-state index < -0.39 is 0 Å². The van der Waals surface area contributed by atoms with Crippen molar-refractivity contribution in [2.75, 3.05) is 39.1 Å². The molecule has 0 bridgehead atoms. The smallest absolute Gasteiger partial charge is 0.191 e. The average Bonchev–Trinajstić information content (AvgIpc) is 2.65. The predicted octanol–water partition coefficient (Wildman–Crippen LogP) is 3.74. The van der Waals surface area contributed by atoms with E-state index in [9.17, 15) is 0 Å². The molecule has 0 aromatic heterocycles. The first-order valence-corrected chi connectivity index (χ1v) is 10.9. The van der Waals surface area contributed by atoms with Gasteiger partial charge in [-0.2, -0.15) is 11.8 Å². The van der Waals surface area contributed by atoms with Crippen LogP contribution in [0.4, 0.5) is 0 Å². The van der Waals surface area contributed by atoms with Crippen molar-refractivity contribution in [2.24, 2.45) is 4.99 Å². The minimum absolute atomic E-state index is 0.106. The van der Waals surface area contributed by atoms with Gasteiger partial charge in [-0.15, -0.1) is 0 Å². The molecule has 2 rings (SSSR count). The normalized spacial score (nSPS) is 17.8. The summed E-state index contributed by atoms with van der Waals surface area (Å²) in [4.78, 5) is 4.83. The highest BCUT2D eigenvalue weighted by atomic mass is 32.2. The molecule has 1 saturated heterocycles. The molecule has 0 spiro atoms. The van der Waals surface area contributed by atoms with Gasteiger partial charge in [0.25, 0.3) is 0 Å². The van der Waals surface area contributed by atoms with Gasteiger partial charge in [0.15, 0.2) is 5.96 Å². The van der Waals surface area contributed by atoms with Crippen LogP contribution < -0.4 is 10.6 Å². The molecule has 2 N–H and O–H groups in total. The Kier molecular flexibility index (Phi) is 7.84. The van der Waals surface area contributed by atoms with Crippen molar-refractivity contribution in [3.63, 3.8) is 0 Å². The minimum atomic E-state index is 0.106. The fourth-order valence-corrected chi connectivity index (χ4v) is 3.59. The summed E-state index contributed by atoms with van der Waals surface area (Å²) >= 11 is 1.85. The van der Waals surface area contributed by atoms with E-state index in [0.717, 1.165) is 51.6 Å². The molecule has 5 heteroatoms. The number of aliphatic imine (C=N–C) groups is 1. The molecule has 0 atom stereocenters. The fourth-order valence-electron chi connectivity index (χ4n) is 3.40. The summed E-state index contributed by atoms with van der Waals surface area (Å²) in [5, 5.41) is 7.03. The molecule has 1 aromatic carbocycles. The standard InChI is InChI=1S/C21H35N3OS/c1-6-22-19(23-15-20(3,4)26-5)24-16-21(11-13-25-14-12-21)18-10-8-7-9-17(18)2/h7-10H,6,11-16H2,1-5H3,(H2,22,23,24). The van der Waals surface area contributed by atoms with Crippen molar-refractivity contribution in [3.05, 3.63) is 35.4 Å². The number of nitrogens with one attached hydrogen (secondary N) is 2. The van der Waals surface area contributed by atoms with E-state index in [2.05, 4.69) is 68.8 Å². The first kappa shape index (κ1) is 21.1. The molecule has 1 heterocycles. The SMILES string of the molecule is CCNC(=NCC(C)(C)SC)NCC1(c2ccccc2C)CCOCC1. The minimum Gasteiger partial charge on any atom is -0.381 e. The van der Waals surface area contributed by atoms with Gasteiger partial charge in [-0.3, -0.25) is 4.99 Å². The van der Waals surface area contributed by atoms with E-state index in [1.165, 1.54) is 11.1 Å². The first-order chi connectivity index (χ1) is 12.4. The third-order valence-electron chi connectivity index (χ3n) is 5.28. The molecular weight excluding hydrogens is 342 g/mol. The fraction of sp³-hybridized carbons (Fsp3) is 0.667. The van der Waals surface area contributed by atoms with Gasteiger partial charge in [0.2, 0.25) is 0 Å². The van der Waals surface area contributed by atoms with Gasteiger partial charge in [0.1, 0.15) is 0 Å². The van der Waals surface area contributed by atoms with Crippen LogP contribution in [-0.4, -0.2) is 49.8 Å². The van der Waals surface area contributed by atoms with Crippen LogP contribution in [0.5, 0.6) is 0 Å². The molecule has 1 aromatic rings. The maximum atomic E-state index is 5.67. The van der Waals surface area contributed by atoms with Gasteiger partial charge in [0.05, 0.1) is 6.54 Å². The molecule has 0 amide bonds. The molecule has 0 unspecified atom stereocenters. The molecule has 26 heavy (non-hydrogen) atoms. The lowest BCUT2D eigenvalue weighted by atomic mass is 9.72. The second-order valence-corrected chi connectivity index (χ2v) is 9.23. The van der Waals surface area contributed by atoms with E-state index in [-0.39, 0.29) is 10.2 Å². The number of hydrogen-bond acceptors (Lipinski definition) is 3. The van der Waals surface area contributed by atoms with Gasteiger partial charge in [-0.05, 0) is 57.9 Å². The Morgan fingerprint density at radius 1 is 1.23 bits per heavy atom. The van der Waals surface area contributed by atoms with E-state index in [0.29, 0.717) is 0 Å². The summed E-state index contributed by atoms with van der Waals surface area (Å²) in [5.41, 5.74) is 2.91. The van der Waals surface area contributed by atoms with Gasteiger partial charge in [0, 0.05) is 36.5 Å². The summed E-state index contributed by atoms with van der Waals surface area (Å²) < 4.78 is 5.82. The molecule has 0 radical (unpaired) electrons. The van der Waals surface area contributed by atoms with Gasteiger partial charge < -0.3 is 15.4 Å². The summed E-state index contributed by atoms with van der Waals surface area (Å²) in [6, 6.07) is 8.77. The van der Waals surface area contributed by atoms with Crippen LogP contribution in [0.25, 0.3) is 0 Å². The maximum absolute atomic E-state index is 5.67. The number of hydrogen-bond donors (Lipinski definition) is 2. The Morgan fingerprint density at radius 2 is 1.92 bits per heavy atom. The Morgan fingerprint density at radius 3 is 2.54 bits per heavy atom. The second kappa shape index (κ2) is 9.65.